The van der Waals surface area contributed by atoms with Gasteiger partial charge in [-0.25, -0.2) is 9.97 Å². The van der Waals surface area contributed by atoms with Crippen molar-refractivity contribution in [3.8, 4) is 0 Å². The molecule has 0 radical (unpaired) electrons. The summed E-state index contributed by atoms with van der Waals surface area (Å²) in [5, 5.41) is 3.52. The molecule has 0 saturated carbocycles. The predicted octanol–water partition coefficient (Wildman–Crippen LogP) is 3.83. The van der Waals surface area contributed by atoms with Crippen LogP contribution in [0, 0.1) is 0 Å². The first-order valence-electron chi connectivity index (χ1n) is 7.78. The number of amides is 1. The van der Waals surface area contributed by atoms with Gasteiger partial charge >= 0.3 is 0 Å². The smallest absolute Gasteiger partial charge is 0.270 e. The number of aromatic nitrogens is 2. The lowest BCUT2D eigenvalue weighted by Gasteiger charge is -2.17. The molecule has 0 spiro atoms. The Labute approximate surface area is 151 Å². The van der Waals surface area contributed by atoms with Crippen molar-refractivity contribution < 1.29 is 4.79 Å². The maximum atomic E-state index is 12.4. The molecule has 0 aliphatic carbocycles. The molecular weight excluding hydrogens is 336 g/mol. The van der Waals surface area contributed by atoms with Crippen molar-refractivity contribution in [2.75, 3.05) is 11.9 Å². The van der Waals surface area contributed by atoms with Crippen molar-refractivity contribution in [3.63, 3.8) is 0 Å². The zero-order valence-corrected chi connectivity index (χ0v) is 14.4. The molecule has 1 heterocycles. The summed E-state index contributed by atoms with van der Waals surface area (Å²) in [5.74, 6) is 0.213. The van der Waals surface area contributed by atoms with E-state index >= 15 is 0 Å². The number of rotatable bonds is 5. The fraction of sp³-hybridized carbons (Fsp3) is 0.105. The van der Waals surface area contributed by atoms with Crippen molar-refractivity contribution in [1.82, 2.24) is 15.3 Å². The average Bonchev–Trinajstić information content (AvgIpc) is 2.67. The fourth-order valence-corrected chi connectivity index (χ4v) is 2.40. The van der Waals surface area contributed by atoms with E-state index in [1.165, 1.54) is 0 Å². The van der Waals surface area contributed by atoms with Crippen LogP contribution in [0.4, 0.5) is 11.6 Å². The minimum absolute atomic E-state index is 0.250. The van der Waals surface area contributed by atoms with Crippen LogP contribution in [0.1, 0.15) is 16.1 Å². The van der Waals surface area contributed by atoms with E-state index in [0.29, 0.717) is 23.2 Å². The third-order valence-electron chi connectivity index (χ3n) is 3.69. The summed E-state index contributed by atoms with van der Waals surface area (Å²) >= 11 is 5.86. The summed E-state index contributed by atoms with van der Waals surface area (Å²) in [6, 6.07) is 18.7. The Morgan fingerprint density at radius 1 is 1.08 bits per heavy atom. The highest BCUT2D eigenvalue weighted by Crippen LogP contribution is 2.19. The molecule has 3 rings (SSSR count). The third kappa shape index (κ3) is 4.33. The molecule has 1 aromatic heterocycles. The van der Waals surface area contributed by atoms with Gasteiger partial charge in [-0.05, 0) is 35.9 Å². The van der Waals surface area contributed by atoms with Crippen LogP contribution < -0.4 is 10.2 Å². The number of nitrogens with zero attached hydrogens (tertiary/aromatic N) is 3. The molecule has 1 N–H and O–H groups in total. The maximum Gasteiger partial charge on any atom is 0.270 e. The van der Waals surface area contributed by atoms with E-state index in [4.69, 9.17) is 11.6 Å². The molecule has 0 saturated heterocycles. The van der Waals surface area contributed by atoms with E-state index in [1.807, 2.05) is 54.4 Å². The highest BCUT2D eigenvalue weighted by atomic mass is 35.5. The van der Waals surface area contributed by atoms with Gasteiger partial charge in [0.05, 0.1) is 0 Å². The van der Waals surface area contributed by atoms with Crippen LogP contribution >= 0.6 is 11.6 Å². The van der Waals surface area contributed by atoms with E-state index in [-0.39, 0.29) is 5.91 Å². The SMILES string of the molecule is CN(c1ccccc1)c1nccc(C(=O)NCc2ccc(Cl)cc2)n1. The summed E-state index contributed by atoms with van der Waals surface area (Å²) in [6.07, 6.45) is 1.58. The van der Waals surface area contributed by atoms with Gasteiger partial charge in [-0.1, -0.05) is 41.9 Å². The molecule has 0 fully saturated rings. The lowest BCUT2D eigenvalue weighted by atomic mass is 10.2. The van der Waals surface area contributed by atoms with E-state index in [1.54, 1.807) is 24.4 Å². The lowest BCUT2D eigenvalue weighted by molar-refractivity contribution is 0.0946. The molecule has 3 aromatic rings. The van der Waals surface area contributed by atoms with Gasteiger partial charge in [0.1, 0.15) is 5.69 Å². The minimum Gasteiger partial charge on any atom is -0.347 e. The minimum atomic E-state index is -0.250. The lowest BCUT2D eigenvalue weighted by Crippen LogP contribution is -2.25. The van der Waals surface area contributed by atoms with E-state index in [0.717, 1.165) is 11.3 Å². The second-order valence-electron chi connectivity index (χ2n) is 5.45. The quantitative estimate of drug-likeness (QED) is 0.758. The Morgan fingerprint density at radius 2 is 1.80 bits per heavy atom. The Morgan fingerprint density at radius 3 is 2.52 bits per heavy atom. The van der Waals surface area contributed by atoms with Crippen LogP contribution in [0.2, 0.25) is 5.02 Å². The summed E-state index contributed by atoms with van der Waals surface area (Å²) in [6.45, 7) is 0.407. The topological polar surface area (TPSA) is 58.1 Å². The molecule has 0 aliphatic rings. The molecule has 6 heteroatoms. The fourth-order valence-electron chi connectivity index (χ4n) is 2.28. The first-order chi connectivity index (χ1) is 12.1. The second-order valence-corrected chi connectivity index (χ2v) is 5.88. The Hall–Kier alpha value is -2.92. The number of carbonyl (C=O) groups is 1. The largest absolute Gasteiger partial charge is 0.347 e. The monoisotopic (exact) mass is 352 g/mol. The standard InChI is InChI=1S/C19H17ClN4O/c1-24(16-5-3-2-4-6-16)19-21-12-11-17(23-19)18(25)22-13-14-7-9-15(20)10-8-14/h2-12H,13H2,1H3,(H,22,25). The molecule has 0 bridgehead atoms. The summed E-state index contributed by atoms with van der Waals surface area (Å²) in [5.41, 5.74) is 2.23. The van der Waals surface area contributed by atoms with Gasteiger partial charge in [-0.15, -0.1) is 0 Å². The van der Waals surface area contributed by atoms with Gasteiger partial charge in [-0.2, -0.15) is 0 Å². The van der Waals surface area contributed by atoms with Crippen LogP contribution in [-0.4, -0.2) is 22.9 Å². The number of hydrogen-bond donors (Lipinski definition) is 1. The van der Waals surface area contributed by atoms with Crippen molar-refractivity contribution >= 4 is 29.1 Å². The number of benzene rings is 2. The van der Waals surface area contributed by atoms with Gasteiger partial charge in [0.15, 0.2) is 0 Å². The molecule has 1 amide bonds. The third-order valence-corrected chi connectivity index (χ3v) is 3.94. The zero-order valence-electron chi connectivity index (χ0n) is 13.7. The van der Waals surface area contributed by atoms with Crippen molar-refractivity contribution in [3.05, 3.63) is 83.1 Å². The zero-order chi connectivity index (χ0) is 17.6. The van der Waals surface area contributed by atoms with E-state index in [9.17, 15) is 4.79 Å². The molecule has 25 heavy (non-hydrogen) atoms. The Kier molecular flexibility index (Phi) is 5.26. The number of halogens is 1. The number of carbonyl (C=O) groups excluding carboxylic acids is 1. The van der Waals surface area contributed by atoms with E-state index in [2.05, 4.69) is 15.3 Å². The van der Waals surface area contributed by atoms with Crippen LogP contribution in [-0.2, 0) is 6.54 Å². The molecular formula is C19H17ClN4O. The second kappa shape index (κ2) is 7.77. The number of anilines is 2. The summed E-state index contributed by atoms with van der Waals surface area (Å²) in [7, 11) is 1.86. The van der Waals surface area contributed by atoms with Gasteiger partial charge in [0.25, 0.3) is 5.91 Å². The summed E-state index contributed by atoms with van der Waals surface area (Å²) in [4.78, 5) is 22.8. The van der Waals surface area contributed by atoms with Gasteiger partial charge in [-0.3, -0.25) is 4.79 Å². The molecule has 0 unspecified atom stereocenters. The first kappa shape index (κ1) is 16.9. The normalized spacial score (nSPS) is 10.3. The molecule has 5 nitrogen and oxygen atoms in total. The van der Waals surface area contributed by atoms with Gasteiger partial charge in [0, 0.05) is 30.5 Å². The van der Waals surface area contributed by atoms with Crippen LogP contribution in [0.5, 0.6) is 0 Å². The van der Waals surface area contributed by atoms with Crippen LogP contribution in [0.25, 0.3) is 0 Å². The van der Waals surface area contributed by atoms with Crippen molar-refractivity contribution in [1.29, 1.82) is 0 Å². The average molecular weight is 353 g/mol. The van der Waals surface area contributed by atoms with Crippen molar-refractivity contribution in [2.45, 2.75) is 6.54 Å². The summed E-state index contributed by atoms with van der Waals surface area (Å²) < 4.78 is 0. The van der Waals surface area contributed by atoms with Crippen LogP contribution in [0.3, 0.4) is 0 Å². The molecule has 0 atom stereocenters. The van der Waals surface area contributed by atoms with E-state index < -0.39 is 0 Å². The molecule has 2 aromatic carbocycles. The maximum absolute atomic E-state index is 12.4. The van der Waals surface area contributed by atoms with Gasteiger partial charge in [0.2, 0.25) is 5.95 Å². The number of para-hydroxylation sites is 1. The molecule has 126 valence electrons. The predicted molar refractivity (Wildman–Crippen MR) is 99.2 cm³/mol. The molecule has 0 aliphatic heterocycles. The Balaban J connectivity index is 1.70. The first-order valence-corrected chi connectivity index (χ1v) is 8.16. The van der Waals surface area contributed by atoms with Crippen LogP contribution in [0.15, 0.2) is 66.9 Å². The number of hydrogen-bond acceptors (Lipinski definition) is 4. The highest BCUT2D eigenvalue weighted by molar-refractivity contribution is 6.30. The number of nitrogens with one attached hydrogen (secondary N) is 1. The highest BCUT2D eigenvalue weighted by Gasteiger charge is 2.12. The van der Waals surface area contributed by atoms with Crippen molar-refractivity contribution in [2.24, 2.45) is 0 Å². The Bertz CT molecular complexity index is 853. The van der Waals surface area contributed by atoms with Gasteiger partial charge < -0.3 is 10.2 Å².